The van der Waals surface area contributed by atoms with Crippen molar-refractivity contribution in [3.63, 3.8) is 0 Å². The van der Waals surface area contributed by atoms with Gasteiger partial charge in [0.25, 0.3) is 11.8 Å². The van der Waals surface area contributed by atoms with Gasteiger partial charge in [-0.3, -0.25) is 14.7 Å². The Labute approximate surface area is 163 Å². The monoisotopic (exact) mass is 386 g/mol. The van der Waals surface area contributed by atoms with Crippen molar-refractivity contribution < 1.29 is 9.59 Å². The Balaban J connectivity index is 1.30. The van der Waals surface area contributed by atoms with Crippen molar-refractivity contribution in [3.8, 4) is 0 Å². The zero-order valence-corrected chi connectivity index (χ0v) is 15.9. The minimum absolute atomic E-state index is 0.0479. The number of amides is 2. The summed E-state index contributed by atoms with van der Waals surface area (Å²) in [7, 11) is 0. The van der Waals surface area contributed by atoms with Gasteiger partial charge in [0.15, 0.2) is 0 Å². The third-order valence-corrected chi connectivity index (χ3v) is 6.19. The Bertz CT molecular complexity index is 809. The van der Waals surface area contributed by atoms with Gasteiger partial charge >= 0.3 is 0 Å². The van der Waals surface area contributed by atoms with E-state index < -0.39 is 0 Å². The first-order valence-corrected chi connectivity index (χ1v) is 9.80. The van der Waals surface area contributed by atoms with Crippen molar-refractivity contribution in [1.29, 1.82) is 0 Å². The van der Waals surface area contributed by atoms with Crippen molar-refractivity contribution in [2.75, 3.05) is 0 Å². The highest BCUT2D eigenvalue weighted by molar-refractivity contribution is 6.30. The Hall–Kier alpha value is -2.34. The zero-order valence-electron chi connectivity index (χ0n) is 15.1. The zero-order chi connectivity index (χ0) is 19.0. The SMILES string of the molecule is CCC(NC(=O)c1ccc(Cl)cc1)[C@H]1[C@@H]2C[C@@H](NC(=O)c3cn[nH]c3)C[C@@H]21. The summed E-state index contributed by atoms with van der Waals surface area (Å²) in [5.74, 6) is 1.54. The second-order valence-corrected chi connectivity index (χ2v) is 7.97. The highest BCUT2D eigenvalue weighted by Crippen LogP contribution is 2.59. The summed E-state index contributed by atoms with van der Waals surface area (Å²) in [4.78, 5) is 24.6. The average Bonchev–Trinajstić information content (AvgIpc) is 3.07. The molecule has 6 nitrogen and oxygen atoms in total. The van der Waals surface area contributed by atoms with Crippen molar-refractivity contribution >= 4 is 23.4 Å². The maximum Gasteiger partial charge on any atom is 0.254 e. The van der Waals surface area contributed by atoms with Crippen LogP contribution in [0.2, 0.25) is 5.02 Å². The fourth-order valence-electron chi connectivity index (χ4n) is 4.57. The van der Waals surface area contributed by atoms with Gasteiger partial charge in [0.1, 0.15) is 0 Å². The van der Waals surface area contributed by atoms with E-state index in [-0.39, 0.29) is 23.9 Å². The normalized spacial score (nSPS) is 26.9. The van der Waals surface area contributed by atoms with Crippen molar-refractivity contribution in [2.45, 2.75) is 38.3 Å². The predicted octanol–water partition coefficient (Wildman–Crippen LogP) is 3.03. The number of hydrogen-bond acceptors (Lipinski definition) is 3. The molecule has 1 aromatic heterocycles. The standard InChI is InChI=1S/C20H23ClN4O2/c1-2-17(25-19(26)11-3-5-13(21)6-4-11)18-15-7-14(8-16(15)18)24-20(27)12-9-22-23-10-12/h3-6,9-10,14-18H,2,7-8H2,1H3,(H,22,23)(H,24,27)(H,25,26)/t14-,15-,16+,17?,18+. The van der Waals surface area contributed by atoms with E-state index in [1.165, 1.54) is 6.20 Å². The number of fused-ring (bicyclic) bond motifs is 1. The molecule has 2 aliphatic rings. The van der Waals surface area contributed by atoms with Gasteiger partial charge in [-0.15, -0.1) is 0 Å². The average molecular weight is 387 g/mol. The third-order valence-electron chi connectivity index (χ3n) is 5.93. The summed E-state index contributed by atoms with van der Waals surface area (Å²) >= 11 is 5.89. The van der Waals surface area contributed by atoms with Gasteiger partial charge in [-0.2, -0.15) is 5.10 Å². The number of nitrogens with zero attached hydrogens (tertiary/aromatic N) is 1. The highest BCUT2D eigenvalue weighted by atomic mass is 35.5. The Morgan fingerprint density at radius 2 is 1.89 bits per heavy atom. The van der Waals surface area contributed by atoms with Crippen molar-refractivity contribution in [3.05, 3.63) is 52.8 Å². The van der Waals surface area contributed by atoms with Crippen LogP contribution in [-0.4, -0.2) is 34.1 Å². The number of nitrogens with one attached hydrogen (secondary N) is 3. The van der Waals surface area contributed by atoms with Gasteiger partial charge in [-0.25, -0.2) is 0 Å². The quantitative estimate of drug-likeness (QED) is 0.713. The first-order chi connectivity index (χ1) is 13.1. The molecule has 3 N–H and O–H groups in total. The fraction of sp³-hybridized carbons (Fsp3) is 0.450. The minimum atomic E-state index is -0.0744. The van der Waals surface area contributed by atoms with Crippen LogP contribution in [0.1, 0.15) is 46.9 Å². The molecule has 1 aromatic carbocycles. The second-order valence-electron chi connectivity index (χ2n) is 7.53. The molecule has 27 heavy (non-hydrogen) atoms. The summed E-state index contributed by atoms with van der Waals surface area (Å²) in [5.41, 5.74) is 1.20. The van der Waals surface area contributed by atoms with Crippen LogP contribution in [0, 0.1) is 17.8 Å². The van der Waals surface area contributed by atoms with E-state index in [9.17, 15) is 9.59 Å². The maximum atomic E-state index is 12.5. The molecule has 0 aliphatic heterocycles. The molecule has 2 amide bonds. The molecule has 2 saturated carbocycles. The molecular weight excluding hydrogens is 364 g/mol. The Morgan fingerprint density at radius 1 is 1.19 bits per heavy atom. The summed E-state index contributed by atoms with van der Waals surface area (Å²) < 4.78 is 0. The molecule has 1 heterocycles. The van der Waals surface area contributed by atoms with Gasteiger partial charge in [-0.05, 0) is 61.3 Å². The van der Waals surface area contributed by atoms with Crippen LogP contribution < -0.4 is 10.6 Å². The molecule has 0 bridgehead atoms. The van der Waals surface area contributed by atoms with Crippen LogP contribution in [0.25, 0.3) is 0 Å². The van der Waals surface area contributed by atoms with Crippen LogP contribution in [0.5, 0.6) is 0 Å². The van der Waals surface area contributed by atoms with E-state index in [1.807, 2.05) is 0 Å². The number of aromatic amines is 1. The fourth-order valence-corrected chi connectivity index (χ4v) is 4.70. The van der Waals surface area contributed by atoms with E-state index in [0.29, 0.717) is 33.9 Å². The number of rotatable bonds is 6. The van der Waals surface area contributed by atoms with Crippen molar-refractivity contribution in [2.24, 2.45) is 17.8 Å². The molecule has 142 valence electrons. The van der Waals surface area contributed by atoms with E-state index >= 15 is 0 Å². The van der Waals surface area contributed by atoms with Gasteiger partial charge in [0.05, 0.1) is 11.8 Å². The van der Waals surface area contributed by atoms with E-state index in [0.717, 1.165) is 19.3 Å². The number of halogens is 1. The Kier molecular flexibility index (Phi) is 4.91. The van der Waals surface area contributed by atoms with Crippen LogP contribution in [0.4, 0.5) is 0 Å². The Morgan fingerprint density at radius 3 is 2.48 bits per heavy atom. The van der Waals surface area contributed by atoms with Crippen LogP contribution in [-0.2, 0) is 0 Å². The summed E-state index contributed by atoms with van der Waals surface area (Å²) in [6.45, 7) is 2.11. The van der Waals surface area contributed by atoms with E-state index in [4.69, 9.17) is 11.6 Å². The lowest BCUT2D eigenvalue weighted by Crippen LogP contribution is -2.39. The molecular formula is C20H23ClN4O2. The lowest BCUT2D eigenvalue weighted by Gasteiger charge is -2.22. The molecule has 2 fully saturated rings. The van der Waals surface area contributed by atoms with Crippen LogP contribution in [0.3, 0.4) is 0 Å². The highest BCUT2D eigenvalue weighted by Gasteiger charge is 2.58. The number of hydrogen-bond donors (Lipinski definition) is 3. The number of aromatic nitrogens is 2. The van der Waals surface area contributed by atoms with E-state index in [1.54, 1.807) is 30.5 Å². The molecule has 5 atom stereocenters. The van der Waals surface area contributed by atoms with Gasteiger partial charge in [0, 0.05) is 28.9 Å². The van der Waals surface area contributed by atoms with Gasteiger partial charge < -0.3 is 10.6 Å². The smallest absolute Gasteiger partial charge is 0.254 e. The van der Waals surface area contributed by atoms with Gasteiger partial charge in [-0.1, -0.05) is 18.5 Å². The molecule has 0 spiro atoms. The number of benzene rings is 1. The maximum absolute atomic E-state index is 12.5. The molecule has 4 rings (SSSR count). The molecule has 7 heteroatoms. The summed E-state index contributed by atoms with van der Waals surface area (Å²) in [6.07, 6.45) is 6.00. The van der Waals surface area contributed by atoms with E-state index in [2.05, 4.69) is 27.8 Å². The first-order valence-electron chi connectivity index (χ1n) is 9.43. The van der Waals surface area contributed by atoms with Crippen LogP contribution in [0.15, 0.2) is 36.7 Å². The molecule has 2 aliphatic carbocycles. The van der Waals surface area contributed by atoms with Crippen LogP contribution >= 0.6 is 11.6 Å². The number of carbonyl (C=O) groups excluding carboxylic acids is 2. The van der Waals surface area contributed by atoms with Crippen molar-refractivity contribution in [1.82, 2.24) is 20.8 Å². The lowest BCUT2D eigenvalue weighted by molar-refractivity contribution is 0.0927. The molecule has 1 unspecified atom stereocenters. The number of carbonyl (C=O) groups is 2. The molecule has 0 radical (unpaired) electrons. The molecule has 2 aromatic rings. The lowest BCUT2D eigenvalue weighted by atomic mass is 9.99. The van der Waals surface area contributed by atoms with Gasteiger partial charge in [0.2, 0.25) is 0 Å². The number of H-pyrrole nitrogens is 1. The predicted molar refractivity (Wildman–Crippen MR) is 103 cm³/mol. The third kappa shape index (κ3) is 3.72. The summed E-state index contributed by atoms with van der Waals surface area (Å²) in [5, 5.41) is 13.4. The topological polar surface area (TPSA) is 86.9 Å². The molecule has 0 saturated heterocycles. The largest absolute Gasteiger partial charge is 0.349 e. The summed E-state index contributed by atoms with van der Waals surface area (Å²) in [6, 6.07) is 7.35. The first kappa shape index (κ1) is 18.0. The minimum Gasteiger partial charge on any atom is -0.349 e. The second kappa shape index (κ2) is 7.35.